The first-order valence-electron chi connectivity index (χ1n) is 7.60. The number of amides is 1. The summed E-state index contributed by atoms with van der Waals surface area (Å²) in [6.07, 6.45) is 0.807. The second-order valence-electron chi connectivity index (χ2n) is 7.89. The van der Waals surface area contributed by atoms with Crippen LogP contribution in [0.25, 0.3) is 0 Å². The Kier molecular flexibility index (Phi) is 5.65. The molecule has 23 heavy (non-hydrogen) atoms. The average Bonchev–Trinajstić information content (AvgIpc) is 2.35. The standard InChI is InChI=1S/C17H28N2O3S/c1-16(2,3)12-17(4,5)18-15(20)13-9-8-10-14(11-13)23(21,22)19(6)7/h8-11H,12H2,1-7H3,(H,18,20). The Morgan fingerprint density at radius 3 is 2.17 bits per heavy atom. The summed E-state index contributed by atoms with van der Waals surface area (Å²) in [5, 5.41) is 2.99. The molecule has 6 heteroatoms. The van der Waals surface area contributed by atoms with Gasteiger partial charge >= 0.3 is 0 Å². The fraction of sp³-hybridized carbons (Fsp3) is 0.588. The van der Waals surface area contributed by atoms with E-state index in [1.165, 1.54) is 26.2 Å². The maximum Gasteiger partial charge on any atom is 0.251 e. The topological polar surface area (TPSA) is 66.5 Å². The van der Waals surface area contributed by atoms with E-state index in [-0.39, 0.29) is 21.8 Å². The molecule has 1 rings (SSSR count). The lowest BCUT2D eigenvalue weighted by Gasteiger charge is -2.33. The number of nitrogens with zero attached hydrogens (tertiary/aromatic N) is 1. The molecule has 1 aromatic rings. The van der Waals surface area contributed by atoms with Gasteiger partial charge in [0.2, 0.25) is 10.0 Å². The SMILES string of the molecule is CN(C)S(=O)(=O)c1cccc(C(=O)NC(C)(C)CC(C)(C)C)c1. The fourth-order valence-electron chi connectivity index (χ4n) is 2.76. The zero-order valence-electron chi connectivity index (χ0n) is 15.1. The molecule has 0 heterocycles. The molecule has 1 amide bonds. The number of hydrogen-bond donors (Lipinski definition) is 1. The van der Waals surface area contributed by atoms with Gasteiger partial charge in [0.15, 0.2) is 0 Å². The van der Waals surface area contributed by atoms with Gasteiger partial charge in [0.05, 0.1) is 4.90 Å². The third-order valence-electron chi connectivity index (χ3n) is 3.30. The second kappa shape index (κ2) is 6.61. The van der Waals surface area contributed by atoms with Gasteiger partial charge in [-0.1, -0.05) is 26.8 Å². The normalized spacial score (nSPS) is 13.2. The van der Waals surface area contributed by atoms with Crippen molar-refractivity contribution in [3.05, 3.63) is 29.8 Å². The van der Waals surface area contributed by atoms with Crippen LogP contribution in [-0.4, -0.2) is 38.3 Å². The molecule has 0 aromatic heterocycles. The van der Waals surface area contributed by atoms with Crippen LogP contribution in [0.4, 0.5) is 0 Å². The van der Waals surface area contributed by atoms with Crippen LogP contribution in [0, 0.1) is 5.41 Å². The van der Waals surface area contributed by atoms with E-state index >= 15 is 0 Å². The van der Waals surface area contributed by atoms with E-state index in [0.29, 0.717) is 5.56 Å². The van der Waals surface area contributed by atoms with Crippen LogP contribution in [0.5, 0.6) is 0 Å². The highest BCUT2D eigenvalue weighted by Crippen LogP contribution is 2.27. The minimum Gasteiger partial charge on any atom is -0.347 e. The van der Waals surface area contributed by atoms with Gasteiger partial charge in [-0.25, -0.2) is 12.7 Å². The quantitative estimate of drug-likeness (QED) is 0.896. The van der Waals surface area contributed by atoms with Gasteiger partial charge in [-0.3, -0.25) is 4.79 Å². The monoisotopic (exact) mass is 340 g/mol. The highest BCUT2D eigenvalue weighted by atomic mass is 32.2. The van der Waals surface area contributed by atoms with Crippen LogP contribution in [0.3, 0.4) is 0 Å². The van der Waals surface area contributed by atoms with E-state index in [4.69, 9.17) is 0 Å². The van der Waals surface area contributed by atoms with Crippen LogP contribution >= 0.6 is 0 Å². The summed E-state index contributed by atoms with van der Waals surface area (Å²) in [5.41, 5.74) is 0.0356. The third-order valence-corrected chi connectivity index (χ3v) is 5.11. The number of sulfonamides is 1. The first kappa shape index (κ1) is 19.6. The summed E-state index contributed by atoms with van der Waals surface area (Å²) in [6.45, 7) is 10.3. The van der Waals surface area contributed by atoms with Crippen molar-refractivity contribution in [3.63, 3.8) is 0 Å². The number of rotatable bonds is 5. The summed E-state index contributed by atoms with van der Waals surface area (Å²) in [4.78, 5) is 12.6. The Bertz CT molecular complexity index is 671. The van der Waals surface area contributed by atoms with Crippen molar-refractivity contribution < 1.29 is 13.2 Å². The molecule has 0 unspecified atom stereocenters. The molecule has 0 saturated heterocycles. The molecule has 0 fully saturated rings. The van der Waals surface area contributed by atoms with Crippen LogP contribution in [-0.2, 0) is 10.0 Å². The molecule has 0 aliphatic heterocycles. The Labute approximate surface area is 140 Å². The van der Waals surface area contributed by atoms with E-state index in [1.807, 2.05) is 13.8 Å². The lowest BCUT2D eigenvalue weighted by atomic mass is 9.81. The summed E-state index contributed by atoms with van der Waals surface area (Å²) in [5.74, 6) is -0.268. The lowest BCUT2D eigenvalue weighted by molar-refractivity contribution is 0.0891. The van der Waals surface area contributed by atoms with E-state index in [2.05, 4.69) is 26.1 Å². The Morgan fingerprint density at radius 1 is 1.13 bits per heavy atom. The highest BCUT2D eigenvalue weighted by Gasteiger charge is 2.28. The van der Waals surface area contributed by atoms with Gasteiger partial charge in [0.25, 0.3) is 5.91 Å². The van der Waals surface area contributed by atoms with Crippen molar-refractivity contribution in [3.8, 4) is 0 Å². The predicted octanol–water partition coefficient (Wildman–Crippen LogP) is 2.88. The number of carbonyl (C=O) groups excluding carboxylic acids is 1. The molecule has 0 spiro atoms. The first-order chi connectivity index (χ1) is 10.2. The Hall–Kier alpha value is -1.40. The molecule has 0 aliphatic carbocycles. The van der Waals surface area contributed by atoms with Gasteiger partial charge in [-0.2, -0.15) is 0 Å². The van der Waals surface area contributed by atoms with Gasteiger partial charge in [0.1, 0.15) is 0 Å². The van der Waals surface area contributed by atoms with Crippen molar-refractivity contribution in [2.75, 3.05) is 14.1 Å². The zero-order valence-corrected chi connectivity index (χ0v) is 15.9. The van der Waals surface area contributed by atoms with Crippen molar-refractivity contribution in [2.45, 2.75) is 51.5 Å². The van der Waals surface area contributed by atoms with Crippen molar-refractivity contribution in [2.24, 2.45) is 5.41 Å². The maximum atomic E-state index is 12.5. The molecule has 130 valence electrons. The highest BCUT2D eigenvalue weighted by molar-refractivity contribution is 7.89. The molecule has 5 nitrogen and oxygen atoms in total. The number of benzene rings is 1. The number of hydrogen-bond acceptors (Lipinski definition) is 3. The average molecular weight is 340 g/mol. The van der Waals surface area contributed by atoms with Crippen LogP contribution in [0.2, 0.25) is 0 Å². The smallest absolute Gasteiger partial charge is 0.251 e. The largest absolute Gasteiger partial charge is 0.347 e. The molecule has 0 bridgehead atoms. The van der Waals surface area contributed by atoms with Gasteiger partial charge in [-0.05, 0) is 43.9 Å². The molecule has 0 radical (unpaired) electrons. The minimum atomic E-state index is -3.55. The van der Waals surface area contributed by atoms with E-state index < -0.39 is 10.0 Å². The Morgan fingerprint density at radius 2 is 1.70 bits per heavy atom. The summed E-state index contributed by atoms with van der Waals surface area (Å²) < 4.78 is 25.5. The molecule has 0 atom stereocenters. The second-order valence-corrected chi connectivity index (χ2v) is 10.0. The Balaban J connectivity index is 3.03. The van der Waals surface area contributed by atoms with Crippen LogP contribution in [0.1, 0.15) is 51.4 Å². The van der Waals surface area contributed by atoms with Crippen molar-refractivity contribution >= 4 is 15.9 Å². The van der Waals surface area contributed by atoms with E-state index in [1.54, 1.807) is 12.1 Å². The predicted molar refractivity (Wildman–Crippen MR) is 92.9 cm³/mol. The lowest BCUT2D eigenvalue weighted by Crippen LogP contribution is -2.45. The van der Waals surface area contributed by atoms with Gasteiger partial charge < -0.3 is 5.32 Å². The van der Waals surface area contributed by atoms with Crippen LogP contribution in [0.15, 0.2) is 29.2 Å². The van der Waals surface area contributed by atoms with E-state index in [9.17, 15) is 13.2 Å². The van der Waals surface area contributed by atoms with Crippen LogP contribution < -0.4 is 5.32 Å². The fourth-order valence-corrected chi connectivity index (χ4v) is 3.71. The maximum absolute atomic E-state index is 12.5. The molecule has 0 aliphatic rings. The number of nitrogens with one attached hydrogen (secondary N) is 1. The van der Waals surface area contributed by atoms with Crippen molar-refractivity contribution in [1.29, 1.82) is 0 Å². The van der Waals surface area contributed by atoms with Gasteiger partial charge in [-0.15, -0.1) is 0 Å². The molecule has 0 saturated carbocycles. The summed E-state index contributed by atoms with van der Waals surface area (Å²) in [7, 11) is -0.619. The van der Waals surface area contributed by atoms with Gasteiger partial charge in [0, 0.05) is 25.2 Å². The zero-order chi connectivity index (χ0) is 18.1. The number of carbonyl (C=O) groups is 1. The summed E-state index contributed by atoms with van der Waals surface area (Å²) >= 11 is 0. The molecule has 1 aromatic carbocycles. The van der Waals surface area contributed by atoms with Crippen molar-refractivity contribution in [1.82, 2.24) is 9.62 Å². The minimum absolute atomic E-state index is 0.0763. The molecular formula is C17H28N2O3S. The molecule has 1 N–H and O–H groups in total. The summed E-state index contributed by atoms with van der Waals surface area (Å²) in [6, 6.07) is 6.11. The van der Waals surface area contributed by atoms with E-state index in [0.717, 1.165) is 10.7 Å². The molecular weight excluding hydrogens is 312 g/mol. The third kappa shape index (κ3) is 5.62. The first-order valence-corrected chi connectivity index (χ1v) is 9.04.